The van der Waals surface area contributed by atoms with Gasteiger partial charge in [-0.1, -0.05) is 17.7 Å². The first-order valence-electron chi connectivity index (χ1n) is 6.58. The van der Waals surface area contributed by atoms with Crippen LogP contribution in [0.25, 0.3) is 0 Å². The molecule has 0 radical (unpaired) electrons. The van der Waals surface area contributed by atoms with E-state index in [9.17, 15) is 4.79 Å². The zero-order chi connectivity index (χ0) is 15.2. The fraction of sp³-hybridized carbons (Fsp3) is 0.250. The topological polar surface area (TPSA) is 60.5 Å². The van der Waals surface area contributed by atoms with Gasteiger partial charge in [-0.05, 0) is 31.5 Å². The molecule has 0 aliphatic carbocycles. The third-order valence-corrected chi connectivity index (χ3v) is 2.92. The summed E-state index contributed by atoms with van der Waals surface area (Å²) in [5, 5.41) is 2.71. The predicted octanol–water partition coefficient (Wildman–Crippen LogP) is 2.72. The summed E-state index contributed by atoms with van der Waals surface area (Å²) in [5.74, 6) is 0.977. The van der Waals surface area contributed by atoms with Gasteiger partial charge < -0.3 is 14.8 Å². The van der Waals surface area contributed by atoms with Gasteiger partial charge in [0.15, 0.2) is 6.61 Å². The van der Waals surface area contributed by atoms with E-state index >= 15 is 0 Å². The molecule has 1 heterocycles. The summed E-state index contributed by atoms with van der Waals surface area (Å²) in [6.45, 7) is 3.92. The highest BCUT2D eigenvalue weighted by atomic mass is 16.5. The zero-order valence-corrected chi connectivity index (χ0v) is 12.3. The molecular weight excluding hydrogens is 268 g/mol. The molecule has 5 heteroatoms. The van der Waals surface area contributed by atoms with E-state index in [4.69, 9.17) is 9.47 Å². The second-order valence-corrected chi connectivity index (χ2v) is 4.70. The average molecular weight is 286 g/mol. The number of pyridine rings is 1. The number of methoxy groups -OCH3 is 1. The van der Waals surface area contributed by atoms with Crippen LogP contribution in [0.1, 0.15) is 11.1 Å². The first kappa shape index (κ1) is 14.8. The lowest BCUT2D eigenvalue weighted by Crippen LogP contribution is -2.20. The average Bonchev–Trinajstić information content (AvgIpc) is 2.47. The first-order valence-corrected chi connectivity index (χ1v) is 6.58. The van der Waals surface area contributed by atoms with E-state index in [2.05, 4.69) is 10.3 Å². The lowest BCUT2D eigenvalue weighted by molar-refractivity contribution is -0.118. The van der Waals surface area contributed by atoms with Crippen LogP contribution in [0.5, 0.6) is 11.6 Å². The van der Waals surface area contributed by atoms with Crippen LogP contribution < -0.4 is 14.8 Å². The Hall–Kier alpha value is -2.56. The summed E-state index contributed by atoms with van der Waals surface area (Å²) in [4.78, 5) is 15.8. The Bertz CT molecular complexity index is 624. The van der Waals surface area contributed by atoms with Gasteiger partial charge in [-0.15, -0.1) is 0 Å². The van der Waals surface area contributed by atoms with Gasteiger partial charge in [-0.25, -0.2) is 4.98 Å². The van der Waals surface area contributed by atoms with Gasteiger partial charge >= 0.3 is 0 Å². The number of carbonyl (C=O) groups excluding carboxylic acids is 1. The summed E-state index contributed by atoms with van der Waals surface area (Å²) < 4.78 is 10.5. The molecule has 1 aromatic heterocycles. The Labute approximate surface area is 123 Å². The van der Waals surface area contributed by atoms with Crippen LogP contribution in [-0.2, 0) is 4.79 Å². The molecule has 0 unspecified atom stereocenters. The molecule has 2 aromatic rings. The number of anilines is 1. The maximum Gasteiger partial charge on any atom is 0.262 e. The van der Waals surface area contributed by atoms with Gasteiger partial charge in [0.1, 0.15) is 5.75 Å². The number of hydrogen-bond donors (Lipinski definition) is 1. The molecule has 0 saturated heterocycles. The van der Waals surface area contributed by atoms with Crippen LogP contribution in [0.2, 0.25) is 0 Å². The van der Waals surface area contributed by atoms with Crippen molar-refractivity contribution < 1.29 is 14.3 Å². The minimum absolute atomic E-state index is 0.0457. The monoisotopic (exact) mass is 286 g/mol. The molecule has 2 rings (SSSR count). The molecular formula is C16H18N2O3. The molecule has 0 bridgehead atoms. The van der Waals surface area contributed by atoms with Gasteiger partial charge in [0.2, 0.25) is 5.88 Å². The Kier molecular flexibility index (Phi) is 4.77. The largest absolute Gasteiger partial charge is 0.483 e. The van der Waals surface area contributed by atoms with Crippen molar-refractivity contribution in [3.8, 4) is 11.6 Å². The molecule has 1 N–H and O–H groups in total. The van der Waals surface area contributed by atoms with Crippen molar-refractivity contribution in [3.05, 3.63) is 47.7 Å². The number of nitrogens with zero attached hydrogens (tertiary/aromatic N) is 1. The van der Waals surface area contributed by atoms with Crippen LogP contribution in [0.3, 0.4) is 0 Å². The lowest BCUT2D eigenvalue weighted by Gasteiger charge is -2.10. The zero-order valence-electron chi connectivity index (χ0n) is 12.3. The Morgan fingerprint density at radius 3 is 2.67 bits per heavy atom. The SMILES string of the molecule is COc1ccc(NC(=O)COc2ccc(C)cc2C)cn1. The standard InChI is InChI=1S/C16H18N2O3/c1-11-4-6-14(12(2)8-11)21-10-15(19)18-13-5-7-16(20-3)17-9-13/h4-9H,10H2,1-3H3,(H,18,19). The fourth-order valence-corrected chi connectivity index (χ4v) is 1.88. The summed E-state index contributed by atoms with van der Waals surface area (Å²) >= 11 is 0. The van der Waals surface area contributed by atoms with Crippen LogP contribution in [0.4, 0.5) is 5.69 Å². The third kappa shape index (κ3) is 4.21. The minimum atomic E-state index is -0.234. The van der Waals surface area contributed by atoms with Crippen molar-refractivity contribution in [1.82, 2.24) is 4.98 Å². The number of amides is 1. The Morgan fingerprint density at radius 2 is 2.05 bits per heavy atom. The molecule has 1 aromatic carbocycles. The third-order valence-electron chi connectivity index (χ3n) is 2.92. The number of nitrogens with one attached hydrogen (secondary N) is 1. The van der Waals surface area contributed by atoms with Crippen molar-refractivity contribution in [3.63, 3.8) is 0 Å². The Morgan fingerprint density at radius 1 is 1.24 bits per heavy atom. The van der Waals surface area contributed by atoms with Crippen LogP contribution in [0.15, 0.2) is 36.5 Å². The van der Waals surface area contributed by atoms with Crippen molar-refractivity contribution in [2.24, 2.45) is 0 Å². The van der Waals surface area contributed by atoms with E-state index in [0.29, 0.717) is 17.3 Å². The molecule has 110 valence electrons. The molecule has 21 heavy (non-hydrogen) atoms. The number of aryl methyl sites for hydroxylation is 2. The van der Waals surface area contributed by atoms with Crippen LogP contribution >= 0.6 is 0 Å². The first-order chi connectivity index (χ1) is 10.1. The van der Waals surface area contributed by atoms with Gasteiger partial charge in [0, 0.05) is 6.07 Å². The number of rotatable bonds is 5. The maximum absolute atomic E-state index is 11.8. The van der Waals surface area contributed by atoms with Gasteiger partial charge in [0.05, 0.1) is 19.0 Å². The van der Waals surface area contributed by atoms with Crippen LogP contribution in [0, 0.1) is 13.8 Å². The lowest BCUT2D eigenvalue weighted by atomic mass is 10.1. The summed E-state index contributed by atoms with van der Waals surface area (Å²) in [6, 6.07) is 9.24. The normalized spacial score (nSPS) is 10.0. The predicted molar refractivity (Wildman–Crippen MR) is 80.8 cm³/mol. The highest BCUT2D eigenvalue weighted by Gasteiger charge is 2.06. The molecule has 5 nitrogen and oxygen atoms in total. The van der Waals surface area contributed by atoms with Crippen LogP contribution in [-0.4, -0.2) is 24.6 Å². The number of aromatic nitrogens is 1. The highest BCUT2D eigenvalue weighted by molar-refractivity contribution is 5.91. The Balaban J connectivity index is 1.89. The van der Waals surface area contributed by atoms with E-state index in [0.717, 1.165) is 11.1 Å². The summed E-state index contributed by atoms with van der Waals surface area (Å²) in [5.41, 5.74) is 2.77. The van der Waals surface area contributed by atoms with E-state index in [1.165, 1.54) is 6.20 Å². The fourth-order valence-electron chi connectivity index (χ4n) is 1.88. The van der Waals surface area contributed by atoms with Gasteiger partial charge in [-0.3, -0.25) is 4.79 Å². The number of carbonyl (C=O) groups is 1. The number of ether oxygens (including phenoxy) is 2. The van der Waals surface area contributed by atoms with Crippen molar-refractivity contribution in [2.45, 2.75) is 13.8 Å². The molecule has 0 aliphatic heterocycles. The second kappa shape index (κ2) is 6.74. The molecule has 0 aliphatic rings. The van der Waals surface area contributed by atoms with E-state index in [1.54, 1.807) is 19.2 Å². The van der Waals surface area contributed by atoms with Crippen molar-refractivity contribution >= 4 is 11.6 Å². The molecule has 0 saturated carbocycles. The molecule has 0 atom stereocenters. The second-order valence-electron chi connectivity index (χ2n) is 4.70. The van der Waals surface area contributed by atoms with Crippen molar-refractivity contribution in [1.29, 1.82) is 0 Å². The maximum atomic E-state index is 11.8. The van der Waals surface area contributed by atoms with Crippen molar-refractivity contribution in [2.75, 3.05) is 19.0 Å². The summed E-state index contributed by atoms with van der Waals surface area (Å²) in [6.07, 6.45) is 1.54. The molecule has 1 amide bonds. The van der Waals surface area contributed by atoms with E-state index < -0.39 is 0 Å². The van der Waals surface area contributed by atoms with E-state index in [1.807, 2.05) is 32.0 Å². The van der Waals surface area contributed by atoms with E-state index in [-0.39, 0.29) is 12.5 Å². The number of hydrogen-bond acceptors (Lipinski definition) is 4. The quantitative estimate of drug-likeness (QED) is 0.918. The number of benzene rings is 1. The van der Waals surface area contributed by atoms with Gasteiger partial charge in [-0.2, -0.15) is 0 Å². The molecule has 0 spiro atoms. The minimum Gasteiger partial charge on any atom is -0.483 e. The van der Waals surface area contributed by atoms with Gasteiger partial charge in [0.25, 0.3) is 5.91 Å². The smallest absolute Gasteiger partial charge is 0.262 e. The molecule has 0 fully saturated rings. The summed E-state index contributed by atoms with van der Waals surface area (Å²) in [7, 11) is 1.54. The highest BCUT2D eigenvalue weighted by Crippen LogP contribution is 2.18.